The molecule has 0 spiro atoms. The lowest BCUT2D eigenvalue weighted by Crippen LogP contribution is -2.30. The molecule has 0 aliphatic rings. The number of hydrogen-bond acceptors (Lipinski definition) is 5. The van der Waals surface area contributed by atoms with Crippen LogP contribution < -0.4 is 5.32 Å². The fourth-order valence-electron chi connectivity index (χ4n) is 2.63. The van der Waals surface area contributed by atoms with Crippen LogP contribution in [-0.4, -0.2) is 58.5 Å². The zero-order valence-electron chi connectivity index (χ0n) is 16.8. The minimum atomic E-state index is -3.66. The molecule has 2 aromatic carbocycles. The highest BCUT2D eigenvalue weighted by atomic mass is 32.2. The van der Waals surface area contributed by atoms with Gasteiger partial charge in [-0.25, -0.2) is 21.1 Å². The second-order valence-corrected chi connectivity index (χ2v) is 10.5. The number of carbonyl (C=O) groups excluding carboxylic acids is 1. The molecule has 8 nitrogen and oxygen atoms in total. The predicted molar refractivity (Wildman–Crippen MR) is 112 cm³/mol. The van der Waals surface area contributed by atoms with E-state index in [1.807, 2.05) is 0 Å². The van der Waals surface area contributed by atoms with Crippen LogP contribution in [0, 0.1) is 0 Å². The molecule has 0 aliphatic heterocycles. The second kappa shape index (κ2) is 9.04. The highest BCUT2D eigenvalue weighted by Crippen LogP contribution is 2.20. The summed E-state index contributed by atoms with van der Waals surface area (Å²) in [7, 11) is -4.41. The van der Waals surface area contributed by atoms with Crippen LogP contribution in [0.2, 0.25) is 0 Å². The van der Waals surface area contributed by atoms with Crippen molar-refractivity contribution in [1.82, 2.24) is 8.61 Å². The number of rotatable bonds is 8. The van der Waals surface area contributed by atoms with Crippen molar-refractivity contribution in [3.05, 3.63) is 54.1 Å². The maximum Gasteiger partial charge on any atom is 0.255 e. The van der Waals surface area contributed by atoms with Crippen LogP contribution in [-0.2, 0) is 20.0 Å². The van der Waals surface area contributed by atoms with Crippen LogP contribution in [0.15, 0.2) is 58.3 Å². The maximum absolute atomic E-state index is 12.5. The molecule has 0 radical (unpaired) electrons. The van der Waals surface area contributed by atoms with E-state index in [4.69, 9.17) is 0 Å². The van der Waals surface area contributed by atoms with Crippen molar-refractivity contribution in [2.24, 2.45) is 0 Å². The van der Waals surface area contributed by atoms with Gasteiger partial charge in [0, 0.05) is 38.4 Å². The van der Waals surface area contributed by atoms with Crippen LogP contribution in [0.5, 0.6) is 0 Å². The van der Waals surface area contributed by atoms with Crippen molar-refractivity contribution in [2.45, 2.75) is 23.6 Å². The Morgan fingerprint density at radius 1 is 0.862 bits per heavy atom. The zero-order valence-corrected chi connectivity index (χ0v) is 18.4. The third-order valence-electron chi connectivity index (χ3n) is 4.33. The second-order valence-electron chi connectivity index (χ2n) is 6.38. The van der Waals surface area contributed by atoms with Crippen molar-refractivity contribution < 1.29 is 21.6 Å². The lowest BCUT2D eigenvalue weighted by atomic mass is 10.2. The van der Waals surface area contributed by atoms with Gasteiger partial charge in [-0.3, -0.25) is 4.79 Å². The first kappa shape index (κ1) is 23.0. The van der Waals surface area contributed by atoms with E-state index < -0.39 is 26.0 Å². The van der Waals surface area contributed by atoms with E-state index in [0.29, 0.717) is 18.8 Å². The summed E-state index contributed by atoms with van der Waals surface area (Å²) in [6.07, 6.45) is 0. The van der Waals surface area contributed by atoms with Crippen molar-refractivity contribution in [2.75, 3.05) is 32.5 Å². The van der Waals surface area contributed by atoms with E-state index in [1.165, 1.54) is 66.9 Å². The number of hydrogen-bond donors (Lipinski definition) is 1. The Balaban J connectivity index is 2.23. The van der Waals surface area contributed by atoms with Gasteiger partial charge in [0.25, 0.3) is 5.91 Å². The van der Waals surface area contributed by atoms with Crippen LogP contribution >= 0.6 is 0 Å². The van der Waals surface area contributed by atoms with E-state index in [2.05, 4.69) is 5.32 Å². The Morgan fingerprint density at radius 2 is 1.45 bits per heavy atom. The fraction of sp³-hybridized carbons (Fsp3) is 0.316. The Bertz CT molecular complexity index is 1080. The van der Waals surface area contributed by atoms with Gasteiger partial charge in [0.05, 0.1) is 9.79 Å². The van der Waals surface area contributed by atoms with E-state index >= 15 is 0 Å². The van der Waals surface area contributed by atoms with Gasteiger partial charge in [0.1, 0.15) is 0 Å². The summed E-state index contributed by atoms with van der Waals surface area (Å²) >= 11 is 0. The number of benzene rings is 2. The third kappa shape index (κ3) is 5.02. The van der Waals surface area contributed by atoms with Crippen LogP contribution in [0.4, 0.5) is 5.69 Å². The third-order valence-corrected chi connectivity index (χ3v) is 8.21. The van der Waals surface area contributed by atoms with Crippen molar-refractivity contribution in [1.29, 1.82) is 0 Å². The molecule has 0 unspecified atom stereocenters. The molecule has 0 aromatic heterocycles. The molecule has 1 N–H and O–H groups in total. The van der Waals surface area contributed by atoms with Gasteiger partial charge in [-0.2, -0.15) is 4.31 Å². The molecule has 0 heterocycles. The summed E-state index contributed by atoms with van der Waals surface area (Å²) in [5.41, 5.74) is 0.571. The Hall–Kier alpha value is -2.27. The fourth-order valence-corrected chi connectivity index (χ4v) is 5.04. The SMILES string of the molecule is CCN(CC)S(=O)(=O)c1ccc(NC(=O)c2cccc(S(=O)(=O)N(C)C)c2)cc1. The average Bonchev–Trinajstić information content (AvgIpc) is 2.69. The van der Waals surface area contributed by atoms with Crippen LogP contribution in [0.3, 0.4) is 0 Å². The first-order chi connectivity index (χ1) is 13.5. The molecular weight excluding hydrogens is 414 g/mol. The average molecular weight is 440 g/mol. The number of amides is 1. The molecule has 0 saturated heterocycles. The maximum atomic E-state index is 12.5. The summed E-state index contributed by atoms with van der Waals surface area (Å²) in [6.45, 7) is 4.26. The highest BCUT2D eigenvalue weighted by molar-refractivity contribution is 7.89. The molecule has 0 aliphatic carbocycles. The van der Waals surface area contributed by atoms with Gasteiger partial charge in [-0.05, 0) is 42.5 Å². The number of anilines is 1. The van der Waals surface area contributed by atoms with Crippen molar-refractivity contribution >= 4 is 31.6 Å². The van der Waals surface area contributed by atoms with Gasteiger partial charge in [-0.1, -0.05) is 19.9 Å². The monoisotopic (exact) mass is 439 g/mol. The van der Waals surface area contributed by atoms with E-state index in [0.717, 1.165) is 4.31 Å². The highest BCUT2D eigenvalue weighted by Gasteiger charge is 2.22. The molecule has 0 saturated carbocycles. The summed E-state index contributed by atoms with van der Waals surface area (Å²) in [4.78, 5) is 12.6. The first-order valence-electron chi connectivity index (χ1n) is 8.98. The minimum Gasteiger partial charge on any atom is -0.322 e. The summed E-state index contributed by atoms with van der Waals surface area (Å²) in [6, 6.07) is 11.5. The van der Waals surface area contributed by atoms with Gasteiger partial charge in [-0.15, -0.1) is 0 Å². The molecule has 1 amide bonds. The topological polar surface area (TPSA) is 104 Å². The molecule has 0 bridgehead atoms. The van der Waals surface area contributed by atoms with Gasteiger partial charge < -0.3 is 5.32 Å². The molecular formula is C19H25N3O5S2. The molecule has 29 heavy (non-hydrogen) atoms. The van der Waals surface area contributed by atoms with Gasteiger partial charge >= 0.3 is 0 Å². The summed E-state index contributed by atoms with van der Waals surface area (Å²) < 4.78 is 51.9. The summed E-state index contributed by atoms with van der Waals surface area (Å²) in [5.74, 6) is -0.500. The van der Waals surface area contributed by atoms with E-state index in [-0.39, 0.29) is 15.4 Å². The largest absolute Gasteiger partial charge is 0.322 e. The zero-order chi connectivity index (χ0) is 21.8. The Kier molecular flexibility index (Phi) is 7.17. The first-order valence-corrected chi connectivity index (χ1v) is 11.9. The Labute approximate surface area is 172 Å². The normalized spacial score (nSPS) is 12.3. The quantitative estimate of drug-likeness (QED) is 0.679. The molecule has 0 fully saturated rings. The van der Waals surface area contributed by atoms with E-state index in [1.54, 1.807) is 13.8 Å². The number of nitrogens with zero attached hydrogens (tertiary/aromatic N) is 2. The van der Waals surface area contributed by atoms with Crippen molar-refractivity contribution in [3.8, 4) is 0 Å². The smallest absolute Gasteiger partial charge is 0.255 e. The van der Waals surface area contributed by atoms with E-state index in [9.17, 15) is 21.6 Å². The van der Waals surface area contributed by atoms with Crippen LogP contribution in [0.1, 0.15) is 24.2 Å². The molecule has 2 rings (SSSR count). The van der Waals surface area contributed by atoms with Crippen molar-refractivity contribution in [3.63, 3.8) is 0 Å². The number of nitrogens with one attached hydrogen (secondary N) is 1. The lowest BCUT2D eigenvalue weighted by molar-refractivity contribution is 0.102. The molecule has 158 valence electrons. The lowest BCUT2D eigenvalue weighted by Gasteiger charge is -2.18. The summed E-state index contributed by atoms with van der Waals surface area (Å²) in [5, 5.41) is 2.65. The standard InChI is InChI=1S/C19H25N3O5S2/c1-5-22(6-2)29(26,27)17-12-10-16(11-13-17)20-19(23)15-8-7-9-18(14-15)28(24,25)21(3)4/h7-14H,5-6H2,1-4H3,(H,20,23). The van der Waals surface area contributed by atoms with Gasteiger partial charge in [0.2, 0.25) is 20.0 Å². The molecule has 10 heteroatoms. The predicted octanol–water partition coefficient (Wildman–Crippen LogP) is 2.22. The minimum absolute atomic E-state index is 0.0100. The number of sulfonamides is 2. The Morgan fingerprint density at radius 3 is 1.97 bits per heavy atom. The molecule has 2 aromatic rings. The molecule has 0 atom stereocenters. The van der Waals surface area contributed by atoms with Gasteiger partial charge in [0.15, 0.2) is 0 Å². The van der Waals surface area contributed by atoms with Crippen LogP contribution in [0.25, 0.3) is 0 Å². The number of carbonyl (C=O) groups is 1.